The summed E-state index contributed by atoms with van der Waals surface area (Å²) >= 11 is 7.09. The molecule has 31 heavy (non-hydrogen) atoms. The third-order valence-corrected chi connectivity index (χ3v) is 8.67. The van der Waals surface area contributed by atoms with Crippen molar-refractivity contribution in [2.24, 2.45) is 11.8 Å². The van der Waals surface area contributed by atoms with E-state index in [0.29, 0.717) is 12.5 Å². The lowest BCUT2D eigenvalue weighted by molar-refractivity contribution is -0.123. The number of rotatable bonds is 9. The Balaban J connectivity index is 1.46. The van der Waals surface area contributed by atoms with Crippen molar-refractivity contribution in [1.29, 1.82) is 0 Å². The highest BCUT2D eigenvalue weighted by atomic mass is 35.5. The summed E-state index contributed by atoms with van der Waals surface area (Å²) in [4.78, 5) is 15.2. The fourth-order valence-corrected chi connectivity index (χ4v) is 6.17. The van der Waals surface area contributed by atoms with E-state index in [1.165, 1.54) is 5.56 Å². The van der Waals surface area contributed by atoms with E-state index in [2.05, 4.69) is 27.1 Å². The third kappa shape index (κ3) is 7.02. The summed E-state index contributed by atoms with van der Waals surface area (Å²) in [6, 6.07) is 10.4. The first kappa shape index (κ1) is 24.2. The van der Waals surface area contributed by atoms with E-state index in [-0.39, 0.29) is 16.0 Å². The SMILES string of the molecule is CC(C)[C@H](NS(=O)(=O)c1cccs1)C(=O)NCC1CCN(Cc2ccc(Cl)cc2)CC1. The third-order valence-electron chi connectivity index (χ3n) is 5.58. The van der Waals surface area contributed by atoms with Gasteiger partial charge in [0.05, 0.1) is 0 Å². The lowest BCUT2D eigenvalue weighted by Crippen LogP contribution is -2.50. The molecule has 3 rings (SSSR count). The summed E-state index contributed by atoms with van der Waals surface area (Å²) in [5, 5.41) is 5.43. The second-order valence-corrected chi connectivity index (χ2v) is 11.7. The number of piperidine rings is 1. The smallest absolute Gasteiger partial charge is 0.250 e. The minimum atomic E-state index is -3.70. The topological polar surface area (TPSA) is 78.5 Å². The highest BCUT2D eigenvalue weighted by Crippen LogP contribution is 2.20. The molecule has 1 amide bonds. The number of carbonyl (C=O) groups excluding carboxylic acids is 1. The largest absolute Gasteiger partial charge is 0.354 e. The highest BCUT2D eigenvalue weighted by Gasteiger charge is 2.29. The zero-order chi connectivity index (χ0) is 22.4. The van der Waals surface area contributed by atoms with Gasteiger partial charge in [-0.25, -0.2) is 8.42 Å². The maximum Gasteiger partial charge on any atom is 0.250 e. The Bertz CT molecular complexity index is 939. The molecular formula is C22H30ClN3O3S2. The molecule has 0 bridgehead atoms. The number of hydrogen-bond acceptors (Lipinski definition) is 5. The molecule has 2 N–H and O–H groups in total. The summed E-state index contributed by atoms with van der Waals surface area (Å²) in [5.41, 5.74) is 1.24. The van der Waals surface area contributed by atoms with Gasteiger partial charge in [0, 0.05) is 18.1 Å². The Morgan fingerprint density at radius 3 is 2.45 bits per heavy atom. The number of hydrogen-bond donors (Lipinski definition) is 2. The van der Waals surface area contributed by atoms with Crippen molar-refractivity contribution in [2.45, 2.75) is 43.5 Å². The first-order valence-corrected chi connectivity index (χ1v) is 13.3. The van der Waals surface area contributed by atoms with Crippen molar-refractivity contribution in [3.8, 4) is 0 Å². The van der Waals surface area contributed by atoms with Gasteiger partial charge in [-0.05, 0) is 66.9 Å². The lowest BCUT2D eigenvalue weighted by atomic mass is 9.96. The average Bonchev–Trinajstić information content (AvgIpc) is 3.29. The second kappa shape index (κ2) is 10.9. The lowest BCUT2D eigenvalue weighted by Gasteiger charge is -2.32. The van der Waals surface area contributed by atoms with E-state index in [1.54, 1.807) is 17.5 Å². The molecule has 1 atom stereocenters. The average molecular weight is 484 g/mol. The van der Waals surface area contributed by atoms with E-state index in [1.807, 2.05) is 26.0 Å². The molecule has 2 aromatic rings. The van der Waals surface area contributed by atoms with Gasteiger partial charge < -0.3 is 5.32 Å². The highest BCUT2D eigenvalue weighted by molar-refractivity contribution is 7.91. The summed E-state index contributed by atoms with van der Waals surface area (Å²) in [7, 11) is -3.70. The monoisotopic (exact) mass is 483 g/mol. The van der Waals surface area contributed by atoms with E-state index in [0.717, 1.165) is 48.8 Å². The number of likely N-dealkylation sites (tertiary alicyclic amines) is 1. The fraction of sp³-hybridized carbons (Fsp3) is 0.500. The van der Waals surface area contributed by atoms with Crippen LogP contribution in [0.4, 0.5) is 0 Å². The van der Waals surface area contributed by atoms with E-state index >= 15 is 0 Å². The minimum Gasteiger partial charge on any atom is -0.354 e. The summed E-state index contributed by atoms with van der Waals surface area (Å²) in [6.45, 7) is 7.10. The predicted octanol–water partition coefficient (Wildman–Crippen LogP) is 3.73. The van der Waals surface area contributed by atoms with E-state index in [9.17, 15) is 13.2 Å². The Hall–Kier alpha value is -1.45. The molecule has 2 heterocycles. The van der Waals surface area contributed by atoms with Crippen LogP contribution in [0.3, 0.4) is 0 Å². The molecule has 9 heteroatoms. The zero-order valence-electron chi connectivity index (χ0n) is 17.9. The quantitative estimate of drug-likeness (QED) is 0.569. The fourth-order valence-electron chi connectivity index (χ4n) is 3.69. The molecule has 6 nitrogen and oxygen atoms in total. The Morgan fingerprint density at radius 2 is 1.87 bits per heavy atom. The van der Waals surface area contributed by atoms with Gasteiger partial charge in [0.15, 0.2) is 0 Å². The Kier molecular flexibility index (Phi) is 8.52. The number of nitrogens with one attached hydrogen (secondary N) is 2. The van der Waals surface area contributed by atoms with Crippen molar-refractivity contribution >= 4 is 38.9 Å². The molecule has 1 aliphatic heterocycles. The molecule has 1 aromatic heterocycles. The molecule has 0 saturated carbocycles. The van der Waals surface area contributed by atoms with Crippen molar-refractivity contribution in [2.75, 3.05) is 19.6 Å². The van der Waals surface area contributed by atoms with Crippen molar-refractivity contribution in [1.82, 2.24) is 14.9 Å². The van der Waals surface area contributed by atoms with Crippen LogP contribution in [0.2, 0.25) is 5.02 Å². The predicted molar refractivity (Wildman–Crippen MR) is 126 cm³/mol. The Labute approximate surface area is 194 Å². The number of nitrogens with zero attached hydrogens (tertiary/aromatic N) is 1. The molecule has 0 aliphatic carbocycles. The van der Waals surface area contributed by atoms with Crippen LogP contribution in [0, 0.1) is 11.8 Å². The van der Waals surface area contributed by atoms with Gasteiger partial charge in [-0.2, -0.15) is 4.72 Å². The van der Waals surface area contributed by atoms with E-state index < -0.39 is 16.1 Å². The van der Waals surface area contributed by atoms with Crippen LogP contribution in [-0.2, 0) is 21.4 Å². The molecule has 1 aromatic carbocycles. The van der Waals surface area contributed by atoms with Crippen LogP contribution in [0.1, 0.15) is 32.3 Å². The molecule has 1 fully saturated rings. The Morgan fingerprint density at radius 1 is 1.19 bits per heavy atom. The van der Waals surface area contributed by atoms with Crippen molar-refractivity contribution in [3.63, 3.8) is 0 Å². The minimum absolute atomic E-state index is 0.157. The van der Waals surface area contributed by atoms with Gasteiger partial charge in [0.1, 0.15) is 10.3 Å². The van der Waals surface area contributed by atoms with Gasteiger partial charge in [-0.1, -0.05) is 43.6 Å². The zero-order valence-corrected chi connectivity index (χ0v) is 20.3. The summed E-state index contributed by atoms with van der Waals surface area (Å²) in [6.07, 6.45) is 2.00. The van der Waals surface area contributed by atoms with Gasteiger partial charge in [0.25, 0.3) is 10.0 Å². The number of thiophene rings is 1. The molecule has 0 unspecified atom stereocenters. The molecule has 1 aliphatic rings. The maximum absolute atomic E-state index is 12.8. The summed E-state index contributed by atoms with van der Waals surface area (Å²) in [5.74, 6) is -0.0261. The first-order chi connectivity index (χ1) is 14.7. The molecule has 1 saturated heterocycles. The van der Waals surface area contributed by atoms with Gasteiger partial charge in [0.2, 0.25) is 5.91 Å². The molecular weight excluding hydrogens is 454 g/mol. The van der Waals surface area contributed by atoms with Gasteiger partial charge in [-0.15, -0.1) is 11.3 Å². The van der Waals surface area contributed by atoms with Crippen molar-refractivity contribution in [3.05, 3.63) is 52.4 Å². The van der Waals surface area contributed by atoms with Crippen molar-refractivity contribution < 1.29 is 13.2 Å². The maximum atomic E-state index is 12.8. The van der Waals surface area contributed by atoms with Crippen LogP contribution >= 0.6 is 22.9 Å². The number of amides is 1. The number of halogens is 1. The molecule has 0 radical (unpaired) electrons. The van der Waals surface area contributed by atoms with Gasteiger partial charge in [-0.3, -0.25) is 9.69 Å². The first-order valence-electron chi connectivity index (χ1n) is 10.5. The second-order valence-electron chi connectivity index (χ2n) is 8.37. The van der Waals surface area contributed by atoms with Crippen LogP contribution in [-0.4, -0.2) is 44.9 Å². The van der Waals surface area contributed by atoms with Crippen LogP contribution < -0.4 is 10.0 Å². The van der Waals surface area contributed by atoms with E-state index in [4.69, 9.17) is 11.6 Å². The summed E-state index contributed by atoms with van der Waals surface area (Å²) < 4.78 is 27.9. The number of carbonyl (C=O) groups is 1. The number of sulfonamides is 1. The standard InChI is InChI=1S/C22H30ClN3O3S2/c1-16(2)21(25-31(28,29)20-4-3-13-30-20)22(27)24-14-17-9-11-26(12-10-17)15-18-5-7-19(23)8-6-18/h3-8,13,16-17,21,25H,9-12,14-15H2,1-2H3,(H,24,27)/t21-/m0/s1. The van der Waals surface area contributed by atoms with Crippen LogP contribution in [0.15, 0.2) is 46.0 Å². The van der Waals surface area contributed by atoms with Gasteiger partial charge >= 0.3 is 0 Å². The molecule has 0 spiro atoms. The normalized spacial score (nSPS) is 17.0. The van der Waals surface area contributed by atoms with Crippen LogP contribution in [0.5, 0.6) is 0 Å². The van der Waals surface area contributed by atoms with Crippen LogP contribution in [0.25, 0.3) is 0 Å². The molecule has 170 valence electrons. The number of benzene rings is 1.